The SMILES string of the molecule is CC(C)(C)OC(=O)NC(C)(C)C1CCN(c2ccc3nc(Cl)ccc3n2)C1. The summed E-state index contributed by atoms with van der Waals surface area (Å²) in [6, 6.07) is 7.56. The molecule has 0 bridgehead atoms. The molecular weight excluding hydrogens is 364 g/mol. The highest BCUT2D eigenvalue weighted by atomic mass is 35.5. The molecule has 2 aromatic heterocycles. The van der Waals surface area contributed by atoms with E-state index in [2.05, 4.69) is 15.2 Å². The fraction of sp³-hybridized carbons (Fsp3) is 0.550. The van der Waals surface area contributed by atoms with E-state index in [1.807, 2.05) is 52.8 Å². The molecule has 0 spiro atoms. The van der Waals surface area contributed by atoms with Crippen molar-refractivity contribution >= 4 is 34.5 Å². The minimum Gasteiger partial charge on any atom is -0.444 e. The number of nitrogens with one attached hydrogen (secondary N) is 1. The van der Waals surface area contributed by atoms with Crippen LogP contribution < -0.4 is 10.2 Å². The molecule has 3 heterocycles. The lowest BCUT2D eigenvalue weighted by molar-refractivity contribution is 0.0442. The topological polar surface area (TPSA) is 67.3 Å². The van der Waals surface area contributed by atoms with Crippen LogP contribution in [-0.4, -0.2) is 40.3 Å². The third-order valence-electron chi connectivity index (χ3n) is 4.85. The molecular formula is C20H27ClN4O2. The lowest BCUT2D eigenvalue weighted by Gasteiger charge is -2.33. The van der Waals surface area contributed by atoms with Gasteiger partial charge in [-0.25, -0.2) is 14.8 Å². The van der Waals surface area contributed by atoms with Gasteiger partial charge in [0, 0.05) is 24.5 Å². The average Bonchev–Trinajstić information content (AvgIpc) is 3.02. The zero-order chi connectivity index (χ0) is 19.8. The van der Waals surface area contributed by atoms with Crippen molar-refractivity contribution in [3.05, 3.63) is 29.4 Å². The molecule has 1 aliphatic heterocycles. The Morgan fingerprint density at radius 2 is 1.81 bits per heavy atom. The standard InChI is InChI=1S/C20H27ClN4O2/c1-19(2,3)27-18(26)24-20(4,5)13-10-11-25(12-13)17-9-7-14-15(23-17)6-8-16(21)22-14/h6-9,13H,10-12H2,1-5H3,(H,24,26). The molecule has 1 N–H and O–H groups in total. The summed E-state index contributed by atoms with van der Waals surface area (Å²) in [6.07, 6.45) is 0.596. The number of carbonyl (C=O) groups excluding carboxylic acids is 1. The van der Waals surface area contributed by atoms with E-state index in [1.54, 1.807) is 6.07 Å². The molecule has 27 heavy (non-hydrogen) atoms. The number of pyridine rings is 2. The van der Waals surface area contributed by atoms with Crippen LogP contribution in [0.25, 0.3) is 11.0 Å². The Bertz CT molecular complexity index is 847. The van der Waals surface area contributed by atoms with Crippen molar-refractivity contribution < 1.29 is 9.53 Å². The third-order valence-corrected chi connectivity index (χ3v) is 5.06. The second-order valence-electron chi connectivity index (χ2n) is 8.62. The smallest absolute Gasteiger partial charge is 0.408 e. The zero-order valence-corrected chi connectivity index (χ0v) is 17.3. The van der Waals surface area contributed by atoms with Crippen LogP contribution >= 0.6 is 11.6 Å². The van der Waals surface area contributed by atoms with Gasteiger partial charge in [-0.1, -0.05) is 11.6 Å². The molecule has 3 rings (SSSR count). The first-order valence-corrected chi connectivity index (χ1v) is 9.61. The molecule has 0 radical (unpaired) electrons. The number of nitrogens with zero attached hydrogens (tertiary/aromatic N) is 3. The molecule has 1 aliphatic rings. The van der Waals surface area contributed by atoms with E-state index < -0.39 is 5.60 Å². The summed E-state index contributed by atoms with van der Waals surface area (Å²) in [7, 11) is 0. The fourth-order valence-corrected chi connectivity index (χ4v) is 3.53. The van der Waals surface area contributed by atoms with Crippen LogP contribution in [0.4, 0.5) is 10.6 Å². The number of carbonyl (C=O) groups is 1. The predicted octanol–water partition coefficient (Wildman–Crippen LogP) is 4.41. The highest BCUT2D eigenvalue weighted by Gasteiger charge is 2.37. The van der Waals surface area contributed by atoms with Crippen molar-refractivity contribution in [2.45, 2.75) is 52.2 Å². The van der Waals surface area contributed by atoms with Gasteiger partial charge in [0.05, 0.1) is 11.0 Å². The Morgan fingerprint density at radius 3 is 2.52 bits per heavy atom. The second-order valence-corrected chi connectivity index (χ2v) is 9.01. The molecule has 1 atom stereocenters. The van der Waals surface area contributed by atoms with Crippen LogP contribution in [0, 0.1) is 5.92 Å². The number of amides is 1. The number of rotatable bonds is 3. The average molecular weight is 391 g/mol. The molecule has 0 aromatic carbocycles. The Labute approximate surface area is 165 Å². The molecule has 146 valence electrons. The second kappa shape index (κ2) is 7.15. The number of hydrogen-bond acceptors (Lipinski definition) is 5. The maximum Gasteiger partial charge on any atom is 0.408 e. The van der Waals surface area contributed by atoms with Crippen LogP contribution in [0.2, 0.25) is 5.15 Å². The number of alkyl carbamates (subject to hydrolysis) is 1. The number of anilines is 1. The number of aromatic nitrogens is 2. The Morgan fingerprint density at radius 1 is 1.15 bits per heavy atom. The van der Waals surface area contributed by atoms with E-state index >= 15 is 0 Å². The largest absolute Gasteiger partial charge is 0.444 e. The molecule has 6 nitrogen and oxygen atoms in total. The third kappa shape index (κ3) is 4.80. The molecule has 0 aliphatic carbocycles. The number of halogens is 1. The van der Waals surface area contributed by atoms with Crippen LogP contribution in [0.15, 0.2) is 24.3 Å². The molecule has 2 aromatic rings. The first-order valence-electron chi connectivity index (χ1n) is 9.23. The highest BCUT2D eigenvalue weighted by molar-refractivity contribution is 6.29. The van der Waals surface area contributed by atoms with E-state index in [0.717, 1.165) is 36.4 Å². The summed E-state index contributed by atoms with van der Waals surface area (Å²) in [5.41, 5.74) is 0.733. The number of ether oxygens (including phenoxy) is 1. The van der Waals surface area contributed by atoms with Crippen molar-refractivity contribution in [2.75, 3.05) is 18.0 Å². The summed E-state index contributed by atoms with van der Waals surface area (Å²) in [4.78, 5) is 23.4. The van der Waals surface area contributed by atoms with Gasteiger partial charge in [-0.3, -0.25) is 0 Å². The first-order chi connectivity index (χ1) is 12.5. The van der Waals surface area contributed by atoms with Crippen LogP contribution in [0.1, 0.15) is 41.0 Å². The minimum absolute atomic E-state index is 0.297. The van der Waals surface area contributed by atoms with Gasteiger partial charge in [0.25, 0.3) is 0 Å². The van der Waals surface area contributed by atoms with Crippen molar-refractivity contribution in [1.29, 1.82) is 0 Å². The van der Waals surface area contributed by atoms with Gasteiger partial charge in [-0.05, 0) is 65.3 Å². The first kappa shape index (κ1) is 19.7. The Hall–Kier alpha value is -2.08. The van der Waals surface area contributed by atoms with Crippen molar-refractivity contribution in [1.82, 2.24) is 15.3 Å². The van der Waals surface area contributed by atoms with Crippen molar-refractivity contribution in [3.8, 4) is 0 Å². The lowest BCUT2D eigenvalue weighted by atomic mass is 9.87. The summed E-state index contributed by atoms with van der Waals surface area (Å²) in [5.74, 6) is 1.22. The van der Waals surface area contributed by atoms with Crippen molar-refractivity contribution in [3.63, 3.8) is 0 Å². The quantitative estimate of drug-likeness (QED) is 0.786. The molecule has 1 amide bonds. The monoisotopic (exact) mass is 390 g/mol. The van der Waals surface area contributed by atoms with Crippen LogP contribution in [0.3, 0.4) is 0 Å². The van der Waals surface area contributed by atoms with Crippen molar-refractivity contribution in [2.24, 2.45) is 5.92 Å². The summed E-state index contributed by atoms with van der Waals surface area (Å²) in [5, 5.41) is 3.50. The molecule has 1 saturated heterocycles. The van der Waals surface area contributed by atoms with E-state index in [9.17, 15) is 4.79 Å². The molecule has 1 fully saturated rings. The molecule has 7 heteroatoms. The van der Waals surface area contributed by atoms with Crippen LogP contribution in [-0.2, 0) is 4.74 Å². The maximum atomic E-state index is 12.2. The van der Waals surface area contributed by atoms with Gasteiger partial charge in [0.15, 0.2) is 0 Å². The zero-order valence-electron chi connectivity index (χ0n) is 16.5. The van der Waals surface area contributed by atoms with Gasteiger partial charge in [0.1, 0.15) is 16.6 Å². The minimum atomic E-state index is -0.506. The normalized spacial score (nSPS) is 18.0. The van der Waals surface area contributed by atoms with Gasteiger partial charge >= 0.3 is 6.09 Å². The van der Waals surface area contributed by atoms with Gasteiger partial charge < -0.3 is 15.0 Å². The van der Waals surface area contributed by atoms with E-state index in [1.165, 1.54) is 0 Å². The number of fused-ring (bicyclic) bond motifs is 1. The Kier molecular flexibility index (Phi) is 5.21. The van der Waals surface area contributed by atoms with Gasteiger partial charge in [0.2, 0.25) is 0 Å². The van der Waals surface area contributed by atoms with E-state index in [-0.39, 0.29) is 11.6 Å². The summed E-state index contributed by atoms with van der Waals surface area (Å²) < 4.78 is 5.41. The van der Waals surface area contributed by atoms with E-state index in [0.29, 0.717) is 11.1 Å². The highest BCUT2D eigenvalue weighted by Crippen LogP contribution is 2.31. The van der Waals surface area contributed by atoms with Gasteiger partial charge in [-0.15, -0.1) is 0 Å². The summed E-state index contributed by atoms with van der Waals surface area (Å²) in [6.45, 7) is 11.4. The number of hydrogen-bond donors (Lipinski definition) is 1. The van der Waals surface area contributed by atoms with Gasteiger partial charge in [-0.2, -0.15) is 0 Å². The molecule has 0 saturated carbocycles. The predicted molar refractivity (Wildman–Crippen MR) is 108 cm³/mol. The van der Waals surface area contributed by atoms with E-state index in [4.69, 9.17) is 21.3 Å². The fourth-order valence-electron chi connectivity index (χ4n) is 3.38. The lowest BCUT2D eigenvalue weighted by Crippen LogP contribution is -2.51. The van der Waals surface area contributed by atoms with Crippen LogP contribution in [0.5, 0.6) is 0 Å². The molecule has 1 unspecified atom stereocenters. The maximum absolute atomic E-state index is 12.2. The summed E-state index contributed by atoms with van der Waals surface area (Å²) >= 11 is 5.94. The Balaban J connectivity index is 1.68.